The second-order valence-corrected chi connectivity index (χ2v) is 10.3. The van der Waals surface area contributed by atoms with Crippen LogP contribution in [0.3, 0.4) is 0 Å². The van der Waals surface area contributed by atoms with Crippen molar-refractivity contribution in [3.8, 4) is 5.75 Å². The zero-order chi connectivity index (χ0) is 26.0. The van der Waals surface area contributed by atoms with Crippen LogP contribution in [-0.4, -0.2) is 50.2 Å². The molecule has 2 aliphatic rings. The number of benzene rings is 2. The van der Waals surface area contributed by atoms with Crippen LogP contribution in [0.25, 0.3) is 0 Å². The monoisotopic (exact) mass is 529 g/mol. The molecule has 0 saturated carbocycles. The molecule has 1 amide bonds. The van der Waals surface area contributed by atoms with Crippen LogP contribution in [0.4, 0.5) is 17.6 Å². The Hall–Kier alpha value is -3.16. The molecule has 8 nitrogen and oxygen atoms in total. The highest BCUT2D eigenvalue weighted by atomic mass is 32.2. The molecule has 2 aromatic carbocycles. The van der Waals surface area contributed by atoms with Gasteiger partial charge in [-0.15, -0.1) is 13.2 Å². The van der Waals surface area contributed by atoms with Crippen molar-refractivity contribution in [2.24, 2.45) is 0 Å². The Bertz CT molecular complexity index is 1220. The molecule has 0 aliphatic carbocycles. The van der Waals surface area contributed by atoms with E-state index in [1.54, 1.807) is 18.2 Å². The Balaban J connectivity index is 1.31. The van der Waals surface area contributed by atoms with Crippen LogP contribution in [-0.2, 0) is 26.1 Å². The van der Waals surface area contributed by atoms with E-state index >= 15 is 0 Å². The number of alkyl halides is 3. The third-order valence-corrected chi connectivity index (χ3v) is 7.81. The van der Waals surface area contributed by atoms with Gasteiger partial charge in [-0.25, -0.2) is 12.8 Å². The molecule has 2 heterocycles. The predicted molar refractivity (Wildman–Crippen MR) is 119 cm³/mol. The van der Waals surface area contributed by atoms with Crippen LogP contribution in [0.5, 0.6) is 5.75 Å². The zero-order valence-electron chi connectivity index (χ0n) is 18.8. The molecule has 0 unspecified atom stereocenters. The maximum absolute atomic E-state index is 13.0. The maximum atomic E-state index is 13.0. The third-order valence-electron chi connectivity index (χ3n) is 5.89. The number of ether oxygens (including phenoxy) is 1. The highest BCUT2D eigenvalue weighted by molar-refractivity contribution is 7.89. The number of amides is 1. The second-order valence-electron chi connectivity index (χ2n) is 8.38. The molecular formula is C23H23F4N3O5S. The Morgan fingerprint density at radius 2 is 1.72 bits per heavy atom. The van der Waals surface area contributed by atoms with E-state index in [4.69, 9.17) is 4.84 Å². The standard InChI is InChI=1S/C23H23F4N3O5S/c24-17-3-1-16(2-4-17)9-12-28-21(31)20-15-22(35-29-20)10-13-30(14-11-22)36(32,33)19-7-5-18(6-8-19)34-23(25,26)27/h1-8,15,29H,9-14H2,(H,28,31). The first-order valence-electron chi connectivity index (χ1n) is 11.0. The van der Waals surface area contributed by atoms with Crippen molar-refractivity contribution < 1.29 is 40.3 Å². The van der Waals surface area contributed by atoms with Crippen molar-refractivity contribution >= 4 is 15.9 Å². The van der Waals surface area contributed by atoms with E-state index in [2.05, 4.69) is 15.5 Å². The number of nitrogens with one attached hydrogen (secondary N) is 2. The van der Waals surface area contributed by atoms with Gasteiger partial charge in [0.05, 0.1) is 4.90 Å². The molecule has 13 heteroatoms. The van der Waals surface area contributed by atoms with Crippen LogP contribution in [0, 0.1) is 5.82 Å². The van der Waals surface area contributed by atoms with E-state index in [1.807, 2.05) is 0 Å². The van der Waals surface area contributed by atoms with Crippen molar-refractivity contribution in [1.82, 2.24) is 15.1 Å². The summed E-state index contributed by atoms with van der Waals surface area (Å²) in [4.78, 5) is 17.9. The first-order chi connectivity index (χ1) is 17.0. The summed E-state index contributed by atoms with van der Waals surface area (Å²) >= 11 is 0. The van der Waals surface area contributed by atoms with Gasteiger partial charge in [0.15, 0.2) is 0 Å². The fourth-order valence-corrected chi connectivity index (χ4v) is 5.41. The van der Waals surface area contributed by atoms with Crippen LogP contribution in [0.15, 0.2) is 65.2 Å². The number of nitrogens with zero attached hydrogens (tertiary/aromatic N) is 1. The summed E-state index contributed by atoms with van der Waals surface area (Å²) in [6.07, 6.45) is -2.20. The summed E-state index contributed by atoms with van der Waals surface area (Å²) < 4.78 is 80.8. The number of rotatable bonds is 7. The van der Waals surface area contributed by atoms with E-state index in [-0.39, 0.29) is 48.2 Å². The number of carbonyl (C=O) groups excluding carboxylic acids is 1. The number of hydroxylamine groups is 1. The molecule has 0 bridgehead atoms. The fourth-order valence-electron chi connectivity index (χ4n) is 3.97. The van der Waals surface area contributed by atoms with Crippen LogP contribution in [0.1, 0.15) is 18.4 Å². The number of carbonyl (C=O) groups is 1. The van der Waals surface area contributed by atoms with Crippen LogP contribution < -0.4 is 15.5 Å². The molecule has 0 radical (unpaired) electrons. The van der Waals surface area contributed by atoms with Gasteiger partial charge in [-0.2, -0.15) is 4.31 Å². The van der Waals surface area contributed by atoms with Gasteiger partial charge in [-0.05, 0) is 67.3 Å². The topological polar surface area (TPSA) is 97.0 Å². The Kier molecular flexibility index (Phi) is 7.25. The fraction of sp³-hybridized carbons (Fsp3) is 0.348. The molecule has 1 spiro atoms. The molecule has 2 N–H and O–H groups in total. The lowest BCUT2D eigenvalue weighted by Crippen LogP contribution is -2.46. The SMILES string of the molecule is O=C(NCCc1ccc(F)cc1)C1=CC2(CCN(S(=O)(=O)c3ccc(OC(F)(F)F)cc3)CC2)ON1. The smallest absolute Gasteiger partial charge is 0.406 e. The number of piperidine rings is 1. The normalized spacial score (nSPS) is 17.9. The summed E-state index contributed by atoms with van der Waals surface area (Å²) in [6, 6.07) is 9.97. The van der Waals surface area contributed by atoms with Crippen molar-refractivity contribution in [1.29, 1.82) is 0 Å². The van der Waals surface area contributed by atoms with Gasteiger partial charge in [-0.3, -0.25) is 15.1 Å². The van der Waals surface area contributed by atoms with Crippen molar-refractivity contribution in [2.75, 3.05) is 19.6 Å². The van der Waals surface area contributed by atoms with E-state index in [0.717, 1.165) is 29.8 Å². The summed E-state index contributed by atoms with van der Waals surface area (Å²) in [7, 11) is -3.94. The molecule has 2 aliphatic heterocycles. The van der Waals surface area contributed by atoms with Crippen molar-refractivity contribution in [2.45, 2.75) is 36.1 Å². The van der Waals surface area contributed by atoms with E-state index in [0.29, 0.717) is 13.0 Å². The summed E-state index contributed by atoms with van der Waals surface area (Å²) in [5.74, 6) is -1.24. The van der Waals surface area contributed by atoms with Gasteiger partial charge in [0, 0.05) is 19.6 Å². The first-order valence-corrected chi connectivity index (χ1v) is 12.5. The van der Waals surface area contributed by atoms with Gasteiger partial charge in [0.25, 0.3) is 5.91 Å². The Labute approximate surface area is 204 Å². The van der Waals surface area contributed by atoms with Crippen LogP contribution in [0.2, 0.25) is 0 Å². The van der Waals surface area contributed by atoms with Gasteiger partial charge < -0.3 is 10.1 Å². The Morgan fingerprint density at radius 3 is 2.33 bits per heavy atom. The minimum absolute atomic E-state index is 0.0841. The largest absolute Gasteiger partial charge is 0.573 e. The Morgan fingerprint density at radius 1 is 1.08 bits per heavy atom. The summed E-state index contributed by atoms with van der Waals surface area (Å²) in [5, 5.41) is 2.75. The molecule has 0 aromatic heterocycles. The molecule has 1 saturated heterocycles. The highest BCUT2D eigenvalue weighted by Crippen LogP contribution is 2.34. The maximum Gasteiger partial charge on any atom is 0.573 e. The average molecular weight is 530 g/mol. The molecule has 4 rings (SSSR count). The van der Waals surface area contributed by atoms with Crippen molar-refractivity contribution in [3.05, 3.63) is 71.7 Å². The number of hydrogen-bond donors (Lipinski definition) is 2. The molecule has 0 atom stereocenters. The lowest BCUT2D eigenvalue weighted by atomic mass is 9.92. The molecule has 194 valence electrons. The van der Waals surface area contributed by atoms with Gasteiger partial charge in [0.1, 0.15) is 22.9 Å². The van der Waals surface area contributed by atoms with E-state index < -0.39 is 27.7 Å². The van der Waals surface area contributed by atoms with Gasteiger partial charge >= 0.3 is 6.36 Å². The van der Waals surface area contributed by atoms with E-state index in [1.165, 1.54) is 16.4 Å². The molecule has 2 aromatic rings. The number of hydrogen-bond acceptors (Lipinski definition) is 6. The quantitative estimate of drug-likeness (QED) is 0.536. The molecule has 36 heavy (non-hydrogen) atoms. The summed E-state index contributed by atoms with van der Waals surface area (Å²) in [6.45, 7) is 0.497. The molecule has 1 fully saturated rings. The predicted octanol–water partition coefficient (Wildman–Crippen LogP) is 3.03. The lowest BCUT2D eigenvalue weighted by Gasteiger charge is -2.35. The first kappa shape index (κ1) is 25.9. The van der Waals surface area contributed by atoms with Crippen molar-refractivity contribution in [3.63, 3.8) is 0 Å². The van der Waals surface area contributed by atoms with E-state index in [9.17, 15) is 30.8 Å². The molecular weight excluding hydrogens is 506 g/mol. The van der Waals surface area contributed by atoms with Crippen LogP contribution >= 0.6 is 0 Å². The van der Waals surface area contributed by atoms with Gasteiger partial charge in [0.2, 0.25) is 10.0 Å². The third kappa shape index (κ3) is 6.15. The minimum Gasteiger partial charge on any atom is -0.406 e. The average Bonchev–Trinajstić information content (AvgIpc) is 3.23. The lowest BCUT2D eigenvalue weighted by molar-refractivity contribution is -0.274. The zero-order valence-corrected chi connectivity index (χ0v) is 19.7. The second kappa shape index (κ2) is 10.1. The minimum atomic E-state index is -4.87. The number of sulfonamides is 1. The number of halogens is 4. The summed E-state index contributed by atoms with van der Waals surface area (Å²) in [5.41, 5.74) is 2.83. The highest BCUT2D eigenvalue weighted by Gasteiger charge is 2.42. The van der Waals surface area contributed by atoms with Gasteiger partial charge in [-0.1, -0.05) is 12.1 Å².